The summed E-state index contributed by atoms with van der Waals surface area (Å²) < 4.78 is 4.93. The number of ether oxygens (including phenoxy) is 1. The predicted octanol–water partition coefficient (Wildman–Crippen LogP) is 1.89. The topological polar surface area (TPSA) is 53.2 Å². The van der Waals surface area contributed by atoms with Gasteiger partial charge >= 0.3 is 0 Å². The van der Waals surface area contributed by atoms with Crippen LogP contribution in [0, 0.1) is 25.2 Å². The summed E-state index contributed by atoms with van der Waals surface area (Å²) in [5.41, 5.74) is 1.99. The predicted molar refractivity (Wildman–Crippen MR) is 48.8 cm³/mol. The molecule has 1 N–H and O–H groups in total. The number of aromatic hydroxyl groups is 1. The summed E-state index contributed by atoms with van der Waals surface area (Å²) in [7, 11) is 1.44. The maximum atomic E-state index is 9.61. The van der Waals surface area contributed by atoms with Gasteiger partial charge in [0.05, 0.1) is 12.7 Å². The van der Waals surface area contributed by atoms with Crippen molar-refractivity contribution in [3.63, 3.8) is 0 Å². The molecule has 0 unspecified atom stereocenters. The van der Waals surface area contributed by atoms with E-state index in [1.165, 1.54) is 7.11 Å². The first-order valence-electron chi connectivity index (χ1n) is 3.89. The smallest absolute Gasteiger partial charge is 0.178 e. The third-order valence-corrected chi connectivity index (χ3v) is 2.09. The molecular weight excluding hydrogens is 166 g/mol. The van der Waals surface area contributed by atoms with Crippen LogP contribution >= 0.6 is 0 Å². The van der Waals surface area contributed by atoms with Crippen molar-refractivity contribution in [3.05, 3.63) is 22.8 Å². The molecule has 1 aromatic rings. The molecule has 13 heavy (non-hydrogen) atoms. The van der Waals surface area contributed by atoms with Crippen LogP contribution < -0.4 is 4.74 Å². The molecule has 0 amide bonds. The second-order valence-electron chi connectivity index (χ2n) is 2.86. The lowest BCUT2D eigenvalue weighted by Gasteiger charge is -2.09. The second kappa shape index (κ2) is 3.36. The summed E-state index contributed by atoms with van der Waals surface area (Å²) in [6, 6.07) is 3.67. The molecule has 68 valence electrons. The minimum atomic E-state index is 0.0547. The zero-order chi connectivity index (χ0) is 10.0. The molecule has 3 heteroatoms. The number of nitriles is 1. The van der Waals surface area contributed by atoms with Crippen molar-refractivity contribution in [1.82, 2.24) is 0 Å². The van der Waals surface area contributed by atoms with Gasteiger partial charge in [-0.15, -0.1) is 0 Å². The zero-order valence-corrected chi connectivity index (χ0v) is 7.88. The minimum Gasteiger partial charge on any atom is -0.504 e. The molecule has 0 heterocycles. The molecule has 0 aliphatic heterocycles. The number of rotatable bonds is 1. The minimum absolute atomic E-state index is 0.0547. The van der Waals surface area contributed by atoms with E-state index in [9.17, 15) is 5.11 Å². The highest BCUT2D eigenvalue weighted by Gasteiger charge is 2.12. The van der Waals surface area contributed by atoms with Crippen molar-refractivity contribution >= 4 is 0 Å². The third-order valence-electron chi connectivity index (χ3n) is 2.09. The summed E-state index contributed by atoms with van der Waals surface area (Å²) in [6.45, 7) is 3.63. The fourth-order valence-corrected chi connectivity index (χ4v) is 1.16. The van der Waals surface area contributed by atoms with Gasteiger partial charge in [-0.25, -0.2) is 0 Å². The SMILES string of the molecule is COc1c(C#N)cc(C)c(C)c1O. The summed E-state index contributed by atoms with van der Waals surface area (Å²) in [6.07, 6.45) is 0. The number of phenolic OH excluding ortho intramolecular Hbond substituents is 1. The molecule has 0 aromatic heterocycles. The summed E-state index contributed by atoms with van der Waals surface area (Å²) >= 11 is 0. The molecule has 1 aromatic carbocycles. The van der Waals surface area contributed by atoms with E-state index in [0.717, 1.165) is 11.1 Å². The van der Waals surface area contributed by atoms with Crippen LogP contribution in [0.4, 0.5) is 0 Å². The third kappa shape index (κ3) is 1.43. The molecule has 3 nitrogen and oxygen atoms in total. The highest BCUT2D eigenvalue weighted by molar-refractivity contribution is 5.58. The molecular formula is C10H11NO2. The highest BCUT2D eigenvalue weighted by Crippen LogP contribution is 2.34. The number of hydrogen-bond donors (Lipinski definition) is 1. The van der Waals surface area contributed by atoms with Crippen LogP contribution in [0.2, 0.25) is 0 Å². The van der Waals surface area contributed by atoms with E-state index in [2.05, 4.69) is 0 Å². The van der Waals surface area contributed by atoms with Gasteiger partial charge in [0.25, 0.3) is 0 Å². The number of aryl methyl sites for hydroxylation is 1. The normalized spacial score (nSPS) is 9.38. The van der Waals surface area contributed by atoms with Crippen molar-refractivity contribution in [2.75, 3.05) is 7.11 Å². The van der Waals surface area contributed by atoms with E-state index in [-0.39, 0.29) is 11.5 Å². The molecule has 0 saturated carbocycles. The average Bonchev–Trinajstić information content (AvgIpc) is 2.13. The van der Waals surface area contributed by atoms with E-state index < -0.39 is 0 Å². The first-order chi connectivity index (χ1) is 6.11. The largest absolute Gasteiger partial charge is 0.504 e. The van der Waals surface area contributed by atoms with E-state index in [1.807, 2.05) is 13.0 Å². The van der Waals surface area contributed by atoms with E-state index in [4.69, 9.17) is 10.00 Å². The number of hydrogen-bond acceptors (Lipinski definition) is 3. The highest BCUT2D eigenvalue weighted by atomic mass is 16.5. The summed E-state index contributed by atoms with van der Waals surface area (Å²) in [5, 5.41) is 18.4. The van der Waals surface area contributed by atoms with Crippen molar-refractivity contribution in [2.24, 2.45) is 0 Å². The molecule has 0 bridgehead atoms. The fourth-order valence-electron chi connectivity index (χ4n) is 1.16. The maximum absolute atomic E-state index is 9.61. The number of nitrogens with zero attached hydrogens (tertiary/aromatic N) is 1. The van der Waals surface area contributed by atoms with E-state index >= 15 is 0 Å². The fraction of sp³-hybridized carbons (Fsp3) is 0.300. The van der Waals surface area contributed by atoms with Gasteiger partial charge in [-0.05, 0) is 31.0 Å². The maximum Gasteiger partial charge on any atom is 0.178 e. The van der Waals surface area contributed by atoms with E-state index in [0.29, 0.717) is 5.56 Å². The number of methoxy groups -OCH3 is 1. The number of phenols is 1. The van der Waals surface area contributed by atoms with Crippen LogP contribution in [-0.4, -0.2) is 12.2 Å². The Morgan fingerprint density at radius 2 is 2.08 bits per heavy atom. The molecule has 0 aliphatic rings. The summed E-state index contributed by atoms with van der Waals surface area (Å²) in [4.78, 5) is 0. The lowest BCUT2D eigenvalue weighted by atomic mass is 10.0. The Labute approximate surface area is 77.2 Å². The van der Waals surface area contributed by atoms with Crippen molar-refractivity contribution < 1.29 is 9.84 Å². The zero-order valence-electron chi connectivity index (χ0n) is 7.88. The van der Waals surface area contributed by atoms with Crippen LogP contribution in [0.5, 0.6) is 11.5 Å². The molecule has 0 aliphatic carbocycles. The second-order valence-corrected chi connectivity index (χ2v) is 2.86. The van der Waals surface area contributed by atoms with Gasteiger partial charge in [-0.2, -0.15) is 5.26 Å². The first kappa shape index (κ1) is 9.40. The van der Waals surface area contributed by atoms with E-state index in [1.54, 1.807) is 13.0 Å². The Bertz CT molecular complexity index is 377. The standard InChI is InChI=1S/C10H11NO2/c1-6-4-8(5-11)10(13-3)9(12)7(6)2/h4,12H,1-3H3. The summed E-state index contributed by atoms with van der Waals surface area (Å²) in [5.74, 6) is 0.310. The van der Waals surface area contributed by atoms with Gasteiger partial charge in [-0.1, -0.05) is 0 Å². The van der Waals surface area contributed by atoms with Crippen molar-refractivity contribution in [3.8, 4) is 17.6 Å². The Hall–Kier alpha value is -1.69. The lowest BCUT2D eigenvalue weighted by Crippen LogP contribution is -1.93. The lowest BCUT2D eigenvalue weighted by molar-refractivity contribution is 0.370. The van der Waals surface area contributed by atoms with Gasteiger partial charge in [0.1, 0.15) is 6.07 Å². The van der Waals surface area contributed by atoms with Crippen LogP contribution in [0.1, 0.15) is 16.7 Å². The Balaban J connectivity index is 3.50. The van der Waals surface area contributed by atoms with Crippen LogP contribution in [-0.2, 0) is 0 Å². The van der Waals surface area contributed by atoms with Crippen molar-refractivity contribution in [2.45, 2.75) is 13.8 Å². The van der Waals surface area contributed by atoms with Crippen LogP contribution in [0.25, 0.3) is 0 Å². The Kier molecular flexibility index (Phi) is 2.43. The first-order valence-corrected chi connectivity index (χ1v) is 3.89. The van der Waals surface area contributed by atoms with Gasteiger partial charge < -0.3 is 9.84 Å². The van der Waals surface area contributed by atoms with Crippen LogP contribution in [0.15, 0.2) is 6.07 Å². The van der Waals surface area contributed by atoms with Gasteiger partial charge in [0, 0.05) is 0 Å². The molecule has 0 spiro atoms. The Morgan fingerprint density at radius 3 is 2.54 bits per heavy atom. The monoisotopic (exact) mass is 177 g/mol. The molecule has 1 rings (SSSR count). The van der Waals surface area contributed by atoms with Gasteiger partial charge in [0.2, 0.25) is 0 Å². The molecule has 0 radical (unpaired) electrons. The van der Waals surface area contributed by atoms with Crippen molar-refractivity contribution in [1.29, 1.82) is 5.26 Å². The number of benzene rings is 1. The molecule has 0 fully saturated rings. The molecule has 0 saturated heterocycles. The van der Waals surface area contributed by atoms with Gasteiger partial charge in [-0.3, -0.25) is 0 Å². The van der Waals surface area contributed by atoms with Crippen LogP contribution in [0.3, 0.4) is 0 Å². The Morgan fingerprint density at radius 1 is 1.46 bits per heavy atom. The molecule has 0 atom stereocenters. The average molecular weight is 177 g/mol. The van der Waals surface area contributed by atoms with Gasteiger partial charge in [0.15, 0.2) is 11.5 Å². The quantitative estimate of drug-likeness (QED) is 0.712.